The molecule has 0 unspecified atom stereocenters. The predicted octanol–water partition coefficient (Wildman–Crippen LogP) is 3.67. The van der Waals surface area contributed by atoms with Crippen LogP contribution in [-0.2, 0) is 0 Å². The summed E-state index contributed by atoms with van der Waals surface area (Å²) in [5.74, 6) is -0.105. The largest absolute Gasteiger partial charge is 0.289 e. The van der Waals surface area contributed by atoms with Gasteiger partial charge in [-0.2, -0.15) is 0 Å². The molecule has 1 aliphatic carbocycles. The van der Waals surface area contributed by atoms with E-state index in [-0.39, 0.29) is 11.6 Å². The van der Waals surface area contributed by atoms with E-state index in [0.717, 1.165) is 7.14 Å². The van der Waals surface area contributed by atoms with Crippen LogP contribution in [0.15, 0.2) is 36.4 Å². The van der Waals surface area contributed by atoms with Crippen LogP contribution < -0.4 is 0 Å². The minimum absolute atomic E-state index is 0.0467. The molecule has 0 heterocycles. The lowest BCUT2D eigenvalue weighted by atomic mass is 9.84. The summed E-state index contributed by atoms with van der Waals surface area (Å²) in [6.45, 7) is 0. The summed E-state index contributed by atoms with van der Waals surface area (Å²) in [5, 5.41) is 0. The molecule has 0 bridgehead atoms. The van der Waals surface area contributed by atoms with Crippen LogP contribution >= 0.6 is 45.2 Å². The molecule has 3 rings (SSSR count). The Labute approximate surface area is 131 Å². The van der Waals surface area contributed by atoms with Gasteiger partial charge in [0.05, 0.1) is 0 Å². The molecule has 88 valence electrons. The zero-order chi connectivity index (χ0) is 12.9. The van der Waals surface area contributed by atoms with Gasteiger partial charge in [-0.25, -0.2) is 0 Å². The van der Waals surface area contributed by atoms with Crippen molar-refractivity contribution in [1.29, 1.82) is 0 Å². The van der Waals surface area contributed by atoms with Crippen molar-refractivity contribution in [2.45, 2.75) is 0 Å². The number of benzene rings is 2. The lowest BCUT2D eigenvalue weighted by Gasteiger charge is -2.19. The van der Waals surface area contributed by atoms with E-state index in [4.69, 9.17) is 0 Å². The van der Waals surface area contributed by atoms with Gasteiger partial charge in [-0.3, -0.25) is 9.59 Å². The number of hydrogen-bond donors (Lipinski definition) is 0. The molecular formula is C14H6I2O2. The third-order valence-corrected chi connectivity index (χ3v) is 4.77. The first-order valence-electron chi connectivity index (χ1n) is 5.27. The second kappa shape index (κ2) is 4.41. The Morgan fingerprint density at radius 1 is 0.667 bits per heavy atom. The van der Waals surface area contributed by atoms with Crippen LogP contribution in [-0.4, -0.2) is 11.6 Å². The van der Waals surface area contributed by atoms with Crippen molar-refractivity contribution < 1.29 is 9.59 Å². The topological polar surface area (TPSA) is 34.1 Å². The Hall–Kier alpha value is -0.760. The number of carbonyl (C=O) groups excluding carboxylic acids is 2. The molecule has 0 spiro atoms. The van der Waals surface area contributed by atoms with E-state index in [0.29, 0.717) is 22.3 Å². The highest BCUT2D eigenvalue weighted by Gasteiger charge is 2.32. The van der Waals surface area contributed by atoms with Crippen LogP contribution in [0.2, 0.25) is 0 Å². The van der Waals surface area contributed by atoms with E-state index in [2.05, 4.69) is 45.2 Å². The Bertz CT molecular complexity index is 647. The highest BCUT2D eigenvalue weighted by atomic mass is 127. The van der Waals surface area contributed by atoms with Gasteiger partial charge in [-0.1, -0.05) is 24.3 Å². The van der Waals surface area contributed by atoms with E-state index in [9.17, 15) is 9.59 Å². The number of ketones is 2. The third-order valence-electron chi connectivity index (χ3n) is 2.97. The van der Waals surface area contributed by atoms with Gasteiger partial charge in [0.25, 0.3) is 0 Å². The van der Waals surface area contributed by atoms with E-state index in [1.54, 1.807) is 12.1 Å². The SMILES string of the molecule is O=C1c2cccc(I)c2C(=O)c2c(I)cccc21. The number of halogens is 2. The monoisotopic (exact) mass is 460 g/mol. The molecule has 0 atom stereocenters. The van der Waals surface area contributed by atoms with Crippen LogP contribution in [0, 0.1) is 7.14 Å². The molecule has 0 radical (unpaired) electrons. The first kappa shape index (κ1) is 12.3. The molecule has 2 nitrogen and oxygen atoms in total. The average molecular weight is 460 g/mol. The van der Waals surface area contributed by atoms with Gasteiger partial charge < -0.3 is 0 Å². The third kappa shape index (κ3) is 1.65. The molecule has 0 aliphatic heterocycles. The Morgan fingerprint density at radius 2 is 1.11 bits per heavy atom. The molecule has 0 fully saturated rings. The van der Waals surface area contributed by atoms with Crippen molar-refractivity contribution in [3.63, 3.8) is 0 Å². The summed E-state index contributed by atoms with van der Waals surface area (Å²) in [5.41, 5.74) is 2.11. The molecule has 0 saturated heterocycles. The molecule has 0 N–H and O–H groups in total. The predicted molar refractivity (Wildman–Crippen MR) is 85.2 cm³/mol. The van der Waals surface area contributed by atoms with Crippen LogP contribution in [0.4, 0.5) is 0 Å². The van der Waals surface area contributed by atoms with E-state index >= 15 is 0 Å². The summed E-state index contributed by atoms with van der Waals surface area (Å²) < 4.78 is 1.66. The normalized spacial score (nSPS) is 13.2. The van der Waals surface area contributed by atoms with E-state index in [1.807, 2.05) is 24.3 Å². The van der Waals surface area contributed by atoms with Crippen molar-refractivity contribution >= 4 is 56.7 Å². The van der Waals surface area contributed by atoms with Crippen molar-refractivity contribution in [3.05, 3.63) is 65.8 Å². The van der Waals surface area contributed by atoms with Crippen LogP contribution in [0.3, 0.4) is 0 Å². The van der Waals surface area contributed by atoms with E-state index < -0.39 is 0 Å². The lowest BCUT2D eigenvalue weighted by Crippen LogP contribution is -2.23. The van der Waals surface area contributed by atoms with Crippen molar-refractivity contribution in [1.82, 2.24) is 0 Å². The minimum Gasteiger partial charge on any atom is -0.289 e. The molecule has 0 amide bonds. The molecule has 0 saturated carbocycles. The zero-order valence-corrected chi connectivity index (χ0v) is 13.4. The fourth-order valence-electron chi connectivity index (χ4n) is 2.16. The standard InChI is InChI=1S/C14H6I2O2/c15-9-5-1-3-7-11(9)14(18)12-8(13(7)17)4-2-6-10(12)16/h1-6H. The lowest BCUT2D eigenvalue weighted by molar-refractivity contribution is 0.0977. The maximum atomic E-state index is 12.5. The van der Waals surface area contributed by atoms with Gasteiger partial charge >= 0.3 is 0 Å². The van der Waals surface area contributed by atoms with Gasteiger partial charge in [-0.15, -0.1) is 0 Å². The number of fused-ring (bicyclic) bond motifs is 2. The summed E-state index contributed by atoms with van der Waals surface area (Å²) in [6, 6.07) is 10.8. The molecule has 18 heavy (non-hydrogen) atoms. The van der Waals surface area contributed by atoms with Gasteiger partial charge in [0, 0.05) is 29.4 Å². The molecule has 2 aromatic carbocycles. The number of hydrogen-bond acceptors (Lipinski definition) is 2. The first-order chi connectivity index (χ1) is 8.61. The van der Waals surface area contributed by atoms with Crippen LogP contribution in [0.5, 0.6) is 0 Å². The zero-order valence-electron chi connectivity index (χ0n) is 9.04. The summed E-state index contributed by atoms with van der Waals surface area (Å²) in [6.07, 6.45) is 0. The van der Waals surface area contributed by atoms with Crippen molar-refractivity contribution in [2.75, 3.05) is 0 Å². The molecule has 4 heteroatoms. The molecule has 2 aromatic rings. The average Bonchev–Trinajstić information content (AvgIpc) is 2.35. The summed E-state index contributed by atoms with van der Waals surface area (Å²) in [4.78, 5) is 24.9. The molecular weight excluding hydrogens is 454 g/mol. The maximum Gasteiger partial charge on any atom is 0.196 e. The fourth-order valence-corrected chi connectivity index (χ4v) is 3.64. The quantitative estimate of drug-likeness (QED) is 0.481. The summed E-state index contributed by atoms with van der Waals surface area (Å²) >= 11 is 4.21. The van der Waals surface area contributed by atoms with Crippen molar-refractivity contribution in [3.8, 4) is 0 Å². The number of carbonyl (C=O) groups is 2. The Balaban J connectivity index is 2.40. The molecule has 0 aromatic heterocycles. The maximum absolute atomic E-state index is 12.5. The highest BCUT2D eigenvalue weighted by Crippen LogP contribution is 2.32. The van der Waals surface area contributed by atoms with Gasteiger partial charge in [0.2, 0.25) is 0 Å². The van der Waals surface area contributed by atoms with Crippen LogP contribution in [0.1, 0.15) is 31.8 Å². The number of rotatable bonds is 0. The van der Waals surface area contributed by atoms with Gasteiger partial charge in [0.15, 0.2) is 11.6 Å². The summed E-state index contributed by atoms with van der Waals surface area (Å²) in [7, 11) is 0. The van der Waals surface area contributed by atoms with Gasteiger partial charge in [0.1, 0.15) is 0 Å². The Morgan fingerprint density at radius 3 is 1.56 bits per heavy atom. The fraction of sp³-hybridized carbons (Fsp3) is 0. The smallest absolute Gasteiger partial charge is 0.196 e. The Kier molecular flexibility index (Phi) is 3.01. The van der Waals surface area contributed by atoms with E-state index in [1.165, 1.54) is 0 Å². The second-order valence-corrected chi connectivity index (χ2v) is 6.31. The van der Waals surface area contributed by atoms with Gasteiger partial charge in [-0.05, 0) is 57.3 Å². The molecule has 1 aliphatic rings. The second-order valence-electron chi connectivity index (χ2n) is 3.98. The van der Waals surface area contributed by atoms with Crippen molar-refractivity contribution in [2.24, 2.45) is 0 Å². The minimum atomic E-state index is -0.0587. The van der Waals surface area contributed by atoms with Crippen LogP contribution in [0.25, 0.3) is 0 Å². The first-order valence-corrected chi connectivity index (χ1v) is 7.43. The highest BCUT2D eigenvalue weighted by molar-refractivity contribution is 14.1.